The second-order valence-corrected chi connectivity index (χ2v) is 8.69. The van der Waals surface area contributed by atoms with Crippen LogP contribution in [-0.4, -0.2) is 83.0 Å². The van der Waals surface area contributed by atoms with Gasteiger partial charge in [0.05, 0.1) is 32.5 Å². The van der Waals surface area contributed by atoms with Crippen molar-refractivity contribution in [3.63, 3.8) is 0 Å². The number of aromatic nitrogens is 2. The molecule has 196 valence electrons. The lowest BCUT2D eigenvalue weighted by molar-refractivity contribution is -0.141. The van der Waals surface area contributed by atoms with Crippen molar-refractivity contribution in [2.24, 2.45) is 5.92 Å². The number of benzene rings is 1. The van der Waals surface area contributed by atoms with Gasteiger partial charge in [-0.3, -0.25) is 24.1 Å². The summed E-state index contributed by atoms with van der Waals surface area (Å²) < 4.78 is 10.4. The average Bonchev–Trinajstić information content (AvgIpc) is 3.36. The molecule has 3 N–H and O–H groups in total. The highest BCUT2D eigenvalue weighted by Gasteiger charge is 2.30. The van der Waals surface area contributed by atoms with Gasteiger partial charge in [0.2, 0.25) is 11.8 Å². The van der Waals surface area contributed by atoms with E-state index in [2.05, 4.69) is 20.8 Å². The normalized spacial score (nSPS) is 12.8. The number of nitrogens with zero attached hydrogens (tertiary/aromatic N) is 3. The molecule has 12 nitrogen and oxygen atoms in total. The number of carbonyl (C=O) groups is 4. The number of carbonyl (C=O) groups excluding carboxylic acids is 3. The van der Waals surface area contributed by atoms with Gasteiger partial charge in [0.25, 0.3) is 5.89 Å². The third kappa shape index (κ3) is 8.15. The van der Waals surface area contributed by atoms with Gasteiger partial charge in [-0.25, -0.2) is 0 Å². The van der Waals surface area contributed by atoms with E-state index in [0.29, 0.717) is 23.4 Å². The minimum atomic E-state index is -1.22. The minimum Gasteiger partial charge on any atom is -0.496 e. The third-order valence-corrected chi connectivity index (χ3v) is 5.55. The molecule has 0 aliphatic heterocycles. The molecule has 36 heavy (non-hydrogen) atoms. The summed E-state index contributed by atoms with van der Waals surface area (Å²) in [5, 5.41) is 18.0. The van der Waals surface area contributed by atoms with Gasteiger partial charge in [0.1, 0.15) is 11.8 Å². The van der Waals surface area contributed by atoms with Crippen LogP contribution >= 0.6 is 0 Å². The zero-order chi connectivity index (χ0) is 26.8. The molecule has 2 aromatic rings. The number of carboxylic acids is 1. The Hall–Kier alpha value is -3.80. The van der Waals surface area contributed by atoms with Crippen molar-refractivity contribution in [1.29, 1.82) is 0 Å². The van der Waals surface area contributed by atoms with Crippen molar-refractivity contribution in [3.05, 3.63) is 30.1 Å². The number of hydrogen-bond donors (Lipinski definition) is 3. The Labute approximate surface area is 209 Å². The molecule has 1 aromatic carbocycles. The topological polar surface area (TPSA) is 164 Å². The number of ketones is 1. The molecule has 0 spiro atoms. The van der Waals surface area contributed by atoms with E-state index in [-0.39, 0.29) is 24.8 Å². The van der Waals surface area contributed by atoms with E-state index in [1.807, 2.05) is 6.92 Å². The van der Waals surface area contributed by atoms with E-state index in [0.717, 1.165) is 0 Å². The van der Waals surface area contributed by atoms with E-state index >= 15 is 0 Å². The van der Waals surface area contributed by atoms with Crippen LogP contribution in [-0.2, 0) is 25.6 Å². The molecule has 0 fully saturated rings. The van der Waals surface area contributed by atoms with Gasteiger partial charge in [-0.1, -0.05) is 25.9 Å². The third-order valence-electron chi connectivity index (χ3n) is 5.55. The fourth-order valence-electron chi connectivity index (χ4n) is 3.45. The van der Waals surface area contributed by atoms with Crippen LogP contribution in [0.25, 0.3) is 11.5 Å². The number of nitrogens with one attached hydrogen (secondary N) is 2. The molecule has 2 rings (SSSR count). The van der Waals surface area contributed by atoms with E-state index in [1.54, 1.807) is 44.0 Å². The van der Waals surface area contributed by atoms with Gasteiger partial charge >= 0.3 is 5.97 Å². The predicted molar refractivity (Wildman–Crippen MR) is 129 cm³/mol. The van der Waals surface area contributed by atoms with Crippen molar-refractivity contribution >= 4 is 23.6 Å². The molecule has 0 radical (unpaired) electrons. The second kappa shape index (κ2) is 13.3. The van der Waals surface area contributed by atoms with Crippen molar-refractivity contribution in [2.45, 2.75) is 45.7 Å². The summed E-state index contributed by atoms with van der Waals surface area (Å²) >= 11 is 0. The largest absolute Gasteiger partial charge is 0.496 e. The van der Waals surface area contributed by atoms with Crippen molar-refractivity contribution < 1.29 is 33.5 Å². The number of rotatable bonds is 14. The maximum atomic E-state index is 13.0. The lowest BCUT2D eigenvalue weighted by atomic mass is 10.0. The van der Waals surface area contributed by atoms with Crippen LogP contribution in [0.5, 0.6) is 5.75 Å². The smallest absolute Gasteiger partial charge is 0.305 e. The van der Waals surface area contributed by atoms with E-state index in [4.69, 9.17) is 9.26 Å². The highest BCUT2D eigenvalue weighted by atomic mass is 16.5. The zero-order valence-electron chi connectivity index (χ0n) is 21.1. The first-order valence-corrected chi connectivity index (χ1v) is 11.5. The van der Waals surface area contributed by atoms with Crippen LogP contribution in [0.3, 0.4) is 0 Å². The minimum absolute atomic E-state index is 0.0103. The summed E-state index contributed by atoms with van der Waals surface area (Å²) in [6.07, 6.45) is 0.599. The first kappa shape index (κ1) is 28.4. The van der Waals surface area contributed by atoms with Crippen molar-refractivity contribution in [3.8, 4) is 17.2 Å². The van der Waals surface area contributed by atoms with Crippen LogP contribution in [0.1, 0.15) is 32.8 Å². The van der Waals surface area contributed by atoms with Crippen molar-refractivity contribution in [2.75, 3.05) is 27.2 Å². The quantitative estimate of drug-likeness (QED) is 0.337. The average molecular weight is 504 g/mol. The molecule has 0 saturated carbocycles. The zero-order valence-corrected chi connectivity index (χ0v) is 21.1. The molecule has 2 unspecified atom stereocenters. The van der Waals surface area contributed by atoms with Crippen molar-refractivity contribution in [1.82, 2.24) is 25.7 Å². The number of hydrogen-bond acceptors (Lipinski definition) is 9. The van der Waals surface area contributed by atoms with Crippen LogP contribution in [0.2, 0.25) is 0 Å². The predicted octanol–water partition coefficient (Wildman–Crippen LogP) is 0.909. The monoisotopic (exact) mass is 503 g/mol. The van der Waals surface area contributed by atoms with Gasteiger partial charge in [0, 0.05) is 11.1 Å². The SMILES string of the molecule is CCN(C)CC(=O)C(CC(=O)O)NC(=O)C(NC(=O)Cc1cc(-c2ncno2)ccc1OC)C(C)C. The maximum Gasteiger partial charge on any atom is 0.305 e. The molecule has 0 bridgehead atoms. The van der Waals surface area contributed by atoms with Gasteiger partial charge < -0.3 is 25.0 Å². The van der Waals surface area contributed by atoms with Gasteiger partial charge in [-0.2, -0.15) is 4.98 Å². The first-order valence-electron chi connectivity index (χ1n) is 11.5. The Morgan fingerprint density at radius 1 is 1.19 bits per heavy atom. The molecule has 2 atom stereocenters. The number of ether oxygens (including phenoxy) is 1. The molecule has 1 aromatic heterocycles. The van der Waals surface area contributed by atoms with Gasteiger partial charge in [-0.05, 0) is 37.7 Å². The number of amides is 2. The Kier molecular flexibility index (Phi) is 10.5. The van der Waals surface area contributed by atoms with E-state index in [1.165, 1.54) is 13.4 Å². The van der Waals surface area contributed by atoms with Gasteiger partial charge in [0.15, 0.2) is 12.1 Å². The number of Topliss-reactive ketones (excluding diaryl/α,β-unsaturated/α-hetero) is 1. The van der Waals surface area contributed by atoms with Crippen LogP contribution in [0.15, 0.2) is 29.0 Å². The number of aliphatic carboxylic acids is 1. The molecule has 2 amide bonds. The maximum absolute atomic E-state index is 13.0. The summed E-state index contributed by atoms with van der Waals surface area (Å²) in [7, 11) is 3.19. The standard InChI is InChI=1S/C24H33N5O7/c1-6-29(4)12-18(30)17(11-21(32)33)27-23(34)22(14(2)3)28-20(31)10-16-9-15(7-8-19(16)35-5)24-25-13-26-36-24/h7-9,13-14,17,22H,6,10-12H2,1-5H3,(H,27,34)(H,28,31)(H,32,33). The Morgan fingerprint density at radius 3 is 2.47 bits per heavy atom. The Balaban J connectivity index is 2.15. The summed E-state index contributed by atoms with van der Waals surface area (Å²) in [6, 6.07) is 2.86. The summed E-state index contributed by atoms with van der Waals surface area (Å²) in [5.74, 6) is -2.33. The fraction of sp³-hybridized carbons (Fsp3) is 0.500. The highest BCUT2D eigenvalue weighted by Crippen LogP contribution is 2.26. The first-order chi connectivity index (χ1) is 17.0. The molecule has 1 heterocycles. The lowest BCUT2D eigenvalue weighted by Crippen LogP contribution is -2.55. The van der Waals surface area contributed by atoms with E-state index < -0.39 is 42.1 Å². The van der Waals surface area contributed by atoms with Crippen LogP contribution in [0.4, 0.5) is 0 Å². The molecule has 12 heteroatoms. The molecular formula is C24H33N5O7. The summed E-state index contributed by atoms with van der Waals surface area (Å²) in [6.45, 7) is 5.90. The molecule has 0 saturated heterocycles. The Bertz CT molecular complexity index is 1060. The van der Waals surface area contributed by atoms with E-state index in [9.17, 15) is 24.3 Å². The Morgan fingerprint density at radius 2 is 1.92 bits per heavy atom. The molecule has 0 aliphatic rings. The number of carboxylic acid groups (broad SMARTS) is 1. The second-order valence-electron chi connectivity index (χ2n) is 8.69. The fourth-order valence-corrected chi connectivity index (χ4v) is 3.45. The van der Waals surface area contributed by atoms with Gasteiger partial charge in [-0.15, -0.1) is 0 Å². The van der Waals surface area contributed by atoms with Crippen LogP contribution in [0, 0.1) is 5.92 Å². The lowest BCUT2D eigenvalue weighted by Gasteiger charge is -2.25. The van der Waals surface area contributed by atoms with Crippen LogP contribution < -0.4 is 15.4 Å². The summed E-state index contributed by atoms with van der Waals surface area (Å²) in [5.41, 5.74) is 1.14. The molecular weight excluding hydrogens is 470 g/mol. The number of methoxy groups -OCH3 is 1. The summed E-state index contributed by atoms with van der Waals surface area (Å²) in [4.78, 5) is 55.5. The number of likely N-dealkylation sites (N-methyl/N-ethyl adjacent to an activating group) is 1. The highest BCUT2D eigenvalue weighted by molar-refractivity contribution is 5.95. The molecule has 0 aliphatic carbocycles.